The topological polar surface area (TPSA) is 48.0 Å². The van der Waals surface area contributed by atoms with E-state index >= 15 is 0 Å². The molecule has 0 radical (unpaired) electrons. The number of anilines is 1. The first kappa shape index (κ1) is 19.8. The van der Waals surface area contributed by atoms with Crippen molar-refractivity contribution in [3.63, 3.8) is 0 Å². The summed E-state index contributed by atoms with van der Waals surface area (Å²) in [6, 6.07) is 25.2. The van der Waals surface area contributed by atoms with Crippen molar-refractivity contribution in [1.82, 2.24) is 0 Å². The molecule has 1 saturated heterocycles. The number of hydrogen-bond donors (Lipinski definition) is 0. The minimum absolute atomic E-state index is 0.0229. The summed E-state index contributed by atoms with van der Waals surface area (Å²) in [5, 5.41) is 0. The third kappa shape index (κ3) is 3.96. The highest BCUT2D eigenvalue weighted by Gasteiger charge is 2.48. The molecule has 5 nitrogen and oxygen atoms in total. The Kier molecular flexibility index (Phi) is 5.89. The lowest BCUT2D eigenvalue weighted by Crippen LogP contribution is -2.55. The SMILES string of the molecule is COc1ccc(OCC[C@H]2C(=O)N(c3ccccc3)[C@@H]2c2ccc(OC)cc2)cc1. The molecule has 0 unspecified atom stereocenters. The summed E-state index contributed by atoms with van der Waals surface area (Å²) in [4.78, 5) is 14.9. The van der Waals surface area contributed by atoms with Gasteiger partial charge in [0.05, 0.1) is 32.8 Å². The van der Waals surface area contributed by atoms with Crippen LogP contribution in [0.25, 0.3) is 0 Å². The van der Waals surface area contributed by atoms with Crippen LogP contribution in [0.4, 0.5) is 5.69 Å². The molecule has 0 saturated carbocycles. The van der Waals surface area contributed by atoms with Crippen molar-refractivity contribution in [2.24, 2.45) is 5.92 Å². The van der Waals surface area contributed by atoms with Gasteiger partial charge in [-0.25, -0.2) is 0 Å². The molecule has 3 aromatic rings. The number of ether oxygens (including phenoxy) is 3. The molecular weight excluding hydrogens is 378 g/mol. The second-order valence-electron chi connectivity index (χ2n) is 7.18. The van der Waals surface area contributed by atoms with Crippen LogP contribution in [0.2, 0.25) is 0 Å². The molecule has 1 heterocycles. The molecule has 0 N–H and O–H groups in total. The summed E-state index contributed by atoms with van der Waals surface area (Å²) >= 11 is 0. The van der Waals surface area contributed by atoms with Crippen molar-refractivity contribution in [1.29, 1.82) is 0 Å². The number of amides is 1. The third-order valence-corrected chi connectivity index (χ3v) is 5.46. The van der Waals surface area contributed by atoms with Crippen molar-refractivity contribution < 1.29 is 19.0 Å². The predicted molar refractivity (Wildman–Crippen MR) is 116 cm³/mol. The molecule has 154 valence electrons. The molecule has 2 atom stereocenters. The van der Waals surface area contributed by atoms with Crippen LogP contribution in [0.15, 0.2) is 78.9 Å². The Bertz CT molecular complexity index is 970. The zero-order valence-electron chi connectivity index (χ0n) is 17.2. The molecule has 0 spiro atoms. The maximum atomic E-state index is 13.0. The molecule has 1 aliphatic rings. The fourth-order valence-corrected chi connectivity index (χ4v) is 3.86. The van der Waals surface area contributed by atoms with E-state index in [-0.39, 0.29) is 17.9 Å². The van der Waals surface area contributed by atoms with Crippen molar-refractivity contribution in [3.8, 4) is 17.2 Å². The molecule has 1 fully saturated rings. The normalized spacial score (nSPS) is 17.9. The fraction of sp³-hybridized carbons (Fsp3) is 0.240. The number of benzene rings is 3. The lowest BCUT2D eigenvalue weighted by atomic mass is 9.80. The summed E-state index contributed by atoms with van der Waals surface area (Å²) < 4.78 is 16.3. The van der Waals surface area contributed by atoms with Gasteiger partial charge in [-0.1, -0.05) is 30.3 Å². The smallest absolute Gasteiger partial charge is 0.233 e. The van der Waals surface area contributed by atoms with E-state index in [1.54, 1.807) is 14.2 Å². The second-order valence-corrected chi connectivity index (χ2v) is 7.18. The van der Waals surface area contributed by atoms with Crippen LogP contribution in [-0.4, -0.2) is 26.7 Å². The maximum Gasteiger partial charge on any atom is 0.233 e. The lowest BCUT2D eigenvalue weighted by Gasteiger charge is -2.47. The summed E-state index contributed by atoms with van der Waals surface area (Å²) in [6.07, 6.45) is 0.644. The first-order valence-electron chi connectivity index (χ1n) is 10.00. The lowest BCUT2D eigenvalue weighted by molar-refractivity contribution is -0.131. The monoisotopic (exact) mass is 403 g/mol. The first-order chi connectivity index (χ1) is 14.7. The number of carbonyl (C=O) groups excluding carboxylic acids is 1. The Hall–Kier alpha value is -3.47. The van der Waals surface area contributed by atoms with Gasteiger partial charge in [0.15, 0.2) is 0 Å². The molecule has 0 aromatic heterocycles. The Morgan fingerprint density at radius 2 is 1.33 bits per heavy atom. The molecule has 0 aliphatic carbocycles. The number of hydrogen-bond acceptors (Lipinski definition) is 4. The van der Waals surface area contributed by atoms with Gasteiger partial charge in [-0.3, -0.25) is 4.79 Å². The van der Waals surface area contributed by atoms with Gasteiger partial charge in [-0.2, -0.15) is 0 Å². The van der Waals surface area contributed by atoms with Gasteiger partial charge < -0.3 is 19.1 Å². The van der Waals surface area contributed by atoms with Crippen LogP contribution in [0.3, 0.4) is 0 Å². The first-order valence-corrected chi connectivity index (χ1v) is 10.00. The van der Waals surface area contributed by atoms with E-state index in [1.807, 2.05) is 83.8 Å². The Balaban J connectivity index is 1.49. The summed E-state index contributed by atoms with van der Waals surface area (Å²) in [5.74, 6) is 2.35. The van der Waals surface area contributed by atoms with E-state index in [1.165, 1.54) is 0 Å². The molecule has 1 aliphatic heterocycles. The standard InChI is InChI=1S/C25H25NO4/c1-28-20-10-8-18(9-11-20)24-23(25(27)26(24)19-6-4-3-5-7-19)16-17-30-22-14-12-21(29-2)13-15-22/h3-15,23-24H,16-17H2,1-2H3/t23-,24-/m1/s1. The minimum atomic E-state index is -0.128. The van der Waals surface area contributed by atoms with Crippen molar-refractivity contribution >= 4 is 11.6 Å². The van der Waals surface area contributed by atoms with Gasteiger partial charge >= 0.3 is 0 Å². The highest BCUT2D eigenvalue weighted by Crippen LogP contribution is 2.45. The average Bonchev–Trinajstić information content (AvgIpc) is 2.81. The molecule has 3 aromatic carbocycles. The van der Waals surface area contributed by atoms with Crippen LogP contribution in [0.1, 0.15) is 18.0 Å². The van der Waals surface area contributed by atoms with Crippen molar-refractivity contribution in [3.05, 3.63) is 84.4 Å². The van der Waals surface area contributed by atoms with Gasteiger partial charge in [0.2, 0.25) is 5.91 Å². The van der Waals surface area contributed by atoms with Gasteiger partial charge in [-0.05, 0) is 60.5 Å². The number of nitrogens with zero attached hydrogens (tertiary/aromatic N) is 1. The highest BCUT2D eigenvalue weighted by atomic mass is 16.5. The minimum Gasteiger partial charge on any atom is -0.497 e. The van der Waals surface area contributed by atoms with E-state index in [0.29, 0.717) is 13.0 Å². The fourth-order valence-electron chi connectivity index (χ4n) is 3.86. The number of para-hydroxylation sites is 1. The van der Waals surface area contributed by atoms with Crippen LogP contribution in [0, 0.1) is 5.92 Å². The van der Waals surface area contributed by atoms with E-state index in [9.17, 15) is 4.79 Å². The maximum absolute atomic E-state index is 13.0. The number of rotatable bonds is 8. The van der Waals surface area contributed by atoms with E-state index in [0.717, 1.165) is 28.5 Å². The van der Waals surface area contributed by atoms with Crippen LogP contribution in [-0.2, 0) is 4.79 Å². The number of carbonyl (C=O) groups is 1. The Morgan fingerprint density at radius 1 is 0.767 bits per heavy atom. The van der Waals surface area contributed by atoms with Crippen LogP contribution < -0.4 is 19.1 Å². The van der Waals surface area contributed by atoms with E-state index < -0.39 is 0 Å². The van der Waals surface area contributed by atoms with Gasteiger partial charge in [0, 0.05) is 5.69 Å². The number of methoxy groups -OCH3 is 2. The van der Waals surface area contributed by atoms with Crippen molar-refractivity contribution in [2.45, 2.75) is 12.5 Å². The average molecular weight is 403 g/mol. The summed E-state index contributed by atoms with van der Waals surface area (Å²) in [5.41, 5.74) is 2.00. The quantitative estimate of drug-likeness (QED) is 0.503. The largest absolute Gasteiger partial charge is 0.497 e. The van der Waals surface area contributed by atoms with Gasteiger partial charge in [0.1, 0.15) is 17.2 Å². The zero-order valence-corrected chi connectivity index (χ0v) is 17.2. The third-order valence-electron chi connectivity index (χ3n) is 5.46. The number of β-lactam (4-membered cyclic amide) rings is 1. The molecule has 0 bridgehead atoms. The molecule has 1 amide bonds. The molecule has 30 heavy (non-hydrogen) atoms. The van der Waals surface area contributed by atoms with Crippen LogP contribution in [0.5, 0.6) is 17.2 Å². The van der Waals surface area contributed by atoms with E-state index in [2.05, 4.69) is 0 Å². The summed E-state index contributed by atoms with van der Waals surface area (Å²) in [7, 11) is 3.29. The molecule has 5 heteroatoms. The van der Waals surface area contributed by atoms with Crippen LogP contribution >= 0.6 is 0 Å². The van der Waals surface area contributed by atoms with Crippen molar-refractivity contribution in [2.75, 3.05) is 25.7 Å². The van der Waals surface area contributed by atoms with Gasteiger partial charge in [0.25, 0.3) is 0 Å². The summed E-state index contributed by atoms with van der Waals surface area (Å²) in [6.45, 7) is 0.470. The second kappa shape index (κ2) is 8.91. The van der Waals surface area contributed by atoms with E-state index in [4.69, 9.17) is 14.2 Å². The van der Waals surface area contributed by atoms with Gasteiger partial charge in [-0.15, -0.1) is 0 Å². The molecule has 4 rings (SSSR count). The highest BCUT2D eigenvalue weighted by molar-refractivity contribution is 6.03. The zero-order chi connectivity index (χ0) is 20.9. The Morgan fingerprint density at radius 3 is 1.93 bits per heavy atom. The molecular formula is C25H25NO4. The Labute approximate surface area is 176 Å². The predicted octanol–water partition coefficient (Wildman–Crippen LogP) is 4.88.